The summed E-state index contributed by atoms with van der Waals surface area (Å²) in [7, 11) is 1.28. The summed E-state index contributed by atoms with van der Waals surface area (Å²) in [4.78, 5) is 54.3. The highest BCUT2D eigenvalue weighted by atomic mass is 16.5. The maximum absolute atomic E-state index is 12.8. The molecule has 1 saturated carbocycles. The number of carbonyl (C=O) groups excluding carboxylic acids is 4. The van der Waals surface area contributed by atoms with Crippen molar-refractivity contribution < 1.29 is 28.7 Å². The fourth-order valence-electron chi connectivity index (χ4n) is 4.39. The van der Waals surface area contributed by atoms with Gasteiger partial charge in [0.1, 0.15) is 0 Å². The third-order valence-electron chi connectivity index (χ3n) is 5.99. The molecule has 2 fully saturated rings. The zero-order valence-corrected chi connectivity index (χ0v) is 17.4. The van der Waals surface area contributed by atoms with Crippen LogP contribution in [0.15, 0.2) is 0 Å². The molecule has 29 heavy (non-hydrogen) atoms. The standard InChI is InChI=1S/C21H28N2O6/c1-11-17(21(27)28-4)12(2)22-18(11)19(25)13(3)29-20(26)14-9-16(24)23(10-14)15-7-5-6-8-15/h13-15,22H,5-10H2,1-4H3/t13-,14+/m1/s1. The summed E-state index contributed by atoms with van der Waals surface area (Å²) in [6.45, 7) is 5.18. The van der Waals surface area contributed by atoms with E-state index in [1.807, 2.05) is 0 Å². The molecule has 0 radical (unpaired) electrons. The smallest absolute Gasteiger partial charge is 0.339 e. The monoisotopic (exact) mass is 404 g/mol. The van der Waals surface area contributed by atoms with E-state index in [4.69, 9.17) is 9.47 Å². The van der Waals surface area contributed by atoms with Crippen LogP contribution in [0.5, 0.6) is 0 Å². The summed E-state index contributed by atoms with van der Waals surface area (Å²) >= 11 is 0. The van der Waals surface area contributed by atoms with E-state index < -0.39 is 29.7 Å². The quantitative estimate of drug-likeness (QED) is 0.576. The van der Waals surface area contributed by atoms with Gasteiger partial charge < -0.3 is 19.4 Å². The Hall–Kier alpha value is -2.64. The fourth-order valence-corrected chi connectivity index (χ4v) is 4.39. The molecule has 0 aromatic carbocycles. The van der Waals surface area contributed by atoms with Crippen LogP contribution in [0, 0.1) is 19.8 Å². The zero-order valence-electron chi connectivity index (χ0n) is 17.4. The van der Waals surface area contributed by atoms with Crippen molar-refractivity contribution in [3.8, 4) is 0 Å². The summed E-state index contributed by atoms with van der Waals surface area (Å²) in [6.07, 6.45) is 3.28. The van der Waals surface area contributed by atoms with Crippen LogP contribution in [-0.2, 0) is 19.1 Å². The molecule has 1 amide bonds. The molecule has 0 bridgehead atoms. The number of aromatic nitrogens is 1. The number of nitrogens with zero attached hydrogens (tertiary/aromatic N) is 1. The highest BCUT2D eigenvalue weighted by molar-refractivity contribution is 6.04. The van der Waals surface area contributed by atoms with Crippen LogP contribution < -0.4 is 0 Å². The maximum Gasteiger partial charge on any atom is 0.339 e. The Balaban J connectivity index is 1.65. The molecule has 1 aromatic rings. The largest absolute Gasteiger partial charge is 0.465 e. The predicted octanol–water partition coefficient (Wildman–Crippen LogP) is 2.32. The Kier molecular flexibility index (Phi) is 6.10. The topological polar surface area (TPSA) is 106 Å². The van der Waals surface area contributed by atoms with Gasteiger partial charge in [-0.25, -0.2) is 4.79 Å². The molecule has 2 aliphatic rings. The van der Waals surface area contributed by atoms with Crippen molar-refractivity contribution in [1.82, 2.24) is 9.88 Å². The van der Waals surface area contributed by atoms with Crippen molar-refractivity contribution in [2.75, 3.05) is 13.7 Å². The highest BCUT2D eigenvalue weighted by Gasteiger charge is 2.40. The second-order valence-electron chi connectivity index (χ2n) is 7.95. The first-order chi connectivity index (χ1) is 13.7. The van der Waals surface area contributed by atoms with Crippen LogP contribution in [-0.4, -0.2) is 59.3 Å². The van der Waals surface area contributed by atoms with E-state index >= 15 is 0 Å². The van der Waals surface area contributed by atoms with Gasteiger partial charge in [-0.1, -0.05) is 12.8 Å². The van der Waals surface area contributed by atoms with Gasteiger partial charge in [0, 0.05) is 24.7 Å². The van der Waals surface area contributed by atoms with Crippen molar-refractivity contribution >= 4 is 23.6 Å². The number of hydrogen-bond acceptors (Lipinski definition) is 6. The van der Waals surface area contributed by atoms with Crippen LogP contribution in [0.4, 0.5) is 0 Å². The number of Topliss-reactive ketones (excluding diaryl/α,β-unsaturated/α-hetero) is 1. The number of amides is 1. The summed E-state index contributed by atoms with van der Waals surface area (Å²) < 4.78 is 10.2. The first kappa shape index (κ1) is 21.1. The van der Waals surface area contributed by atoms with Crippen LogP contribution in [0.25, 0.3) is 0 Å². The summed E-state index contributed by atoms with van der Waals surface area (Å²) in [5, 5.41) is 0. The van der Waals surface area contributed by atoms with Crippen LogP contribution in [0.3, 0.4) is 0 Å². The minimum Gasteiger partial charge on any atom is -0.465 e. The van der Waals surface area contributed by atoms with Crippen molar-refractivity contribution in [3.63, 3.8) is 0 Å². The lowest BCUT2D eigenvalue weighted by Crippen LogP contribution is -2.35. The number of likely N-dealkylation sites (tertiary alicyclic amines) is 1. The number of hydrogen-bond donors (Lipinski definition) is 1. The number of aromatic amines is 1. The van der Waals surface area contributed by atoms with Gasteiger partial charge in [0.05, 0.1) is 24.3 Å². The molecule has 0 unspecified atom stereocenters. The lowest BCUT2D eigenvalue weighted by atomic mass is 10.1. The fraction of sp³-hybridized carbons (Fsp3) is 0.619. The molecular formula is C21H28N2O6. The molecule has 158 valence electrons. The van der Waals surface area contributed by atoms with Gasteiger partial charge in [-0.3, -0.25) is 14.4 Å². The van der Waals surface area contributed by atoms with Gasteiger partial charge in [0.2, 0.25) is 11.7 Å². The lowest BCUT2D eigenvalue weighted by Gasteiger charge is -2.24. The van der Waals surface area contributed by atoms with E-state index in [1.54, 1.807) is 18.7 Å². The molecule has 8 nitrogen and oxygen atoms in total. The Morgan fingerprint density at radius 3 is 2.45 bits per heavy atom. The number of nitrogens with one attached hydrogen (secondary N) is 1. The number of esters is 2. The minimum absolute atomic E-state index is 0.0172. The summed E-state index contributed by atoms with van der Waals surface area (Å²) in [5.41, 5.74) is 1.51. The highest BCUT2D eigenvalue weighted by Crippen LogP contribution is 2.30. The third kappa shape index (κ3) is 4.06. The third-order valence-corrected chi connectivity index (χ3v) is 5.99. The van der Waals surface area contributed by atoms with E-state index in [0.29, 0.717) is 23.4 Å². The molecule has 2 atom stereocenters. The van der Waals surface area contributed by atoms with E-state index in [1.165, 1.54) is 14.0 Å². The average Bonchev–Trinajstić information content (AvgIpc) is 3.40. The molecular weight excluding hydrogens is 376 g/mol. The van der Waals surface area contributed by atoms with Gasteiger partial charge in [0.15, 0.2) is 6.10 Å². The van der Waals surface area contributed by atoms with E-state index in [0.717, 1.165) is 25.7 Å². The molecule has 1 N–H and O–H groups in total. The van der Waals surface area contributed by atoms with Gasteiger partial charge in [-0.15, -0.1) is 0 Å². The molecule has 1 aromatic heterocycles. The number of methoxy groups -OCH3 is 1. The lowest BCUT2D eigenvalue weighted by molar-refractivity contribution is -0.151. The SMILES string of the molecule is COC(=O)c1c(C)[nH]c(C(=O)[C@@H](C)OC(=O)[C@H]2CC(=O)N(C3CCCC3)C2)c1C. The van der Waals surface area contributed by atoms with E-state index in [9.17, 15) is 19.2 Å². The number of ether oxygens (including phenoxy) is 2. The Morgan fingerprint density at radius 1 is 1.17 bits per heavy atom. The molecule has 3 rings (SSSR count). The maximum atomic E-state index is 12.8. The molecule has 2 heterocycles. The Labute approximate surface area is 169 Å². The molecule has 1 aliphatic heterocycles. The molecule has 8 heteroatoms. The minimum atomic E-state index is -1.03. The molecule has 1 saturated heterocycles. The average molecular weight is 404 g/mol. The Morgan fingerprint density at radius 2 is 1.83 bits per heavy atom. The molecule has 0 spiro atoms. The second-order valence-corrected chi connectivity index (χ2v) is 7.95. The number of ketones is 1. The van der Waals surface area contributed by atoms with Gasteiger partial charge in [-0.2, -0.15) is 0 Å². The van der Waals surface area contributed by atoms with Gasteiger partial charge in [0.25, 0.3) is 0 Å². The van der Waals surface area contributed by atoms with Crippen LogP contribution >= 0.6 is 0 Å². The van der Waals surface area contributed by atoms with E-state index in [2.05, 4.69) is 4.98 Å². The van der Waals surface area contributed by atoms with Crippen molar-refractivity contribution in [2.24, 2.45) is 5.92 Å². The zero-order chi connectivity index (χ0) is 21.3. The summed E-state index contributed by atoms with van der Waals surface area (Å²) in [6, 6.07) is 0.223. The number of carbonyl (C=O) groups is 4. The van der Waals surface area contributed by atoms with Crippen LogP contribution in [0.2, 0.25) is 0 Å². The second kappa shape index (κ2) is 8.39. The van der Waals surface area contributed by atoms with E-state index in [-0.39, 0.29) is 24.1 Å². The van der Waals surface area contributed by atoms with Gasteiger partial charge in [-0.05, 0) is 39.2 Å². The molecule has 1 aliphatic carbocycles. The number of H-pyrrole nitrogens is 1. The first-order valence-corrected chi connectivity index (χ1v) is 10.1. The predicted molar refractivity (Wildman–Crippen MR) is 104 cm³/mol. The van der Waals surface area contributed by atoms with Crippen LogP contribution in [0.1, 0.15) is 71.1 Å². The first-order valence-electron chi connectivity index (χ1n) is 10.1. The van der Waals surface area contributed by atoms with Crippen molar-refractivity contribution in [2.45, 2.75) is 65.0 Å². The number of rotatable bonds is 6. The summed E-state index contributed by atoms with van der Waals surface area (Å²) in [5.74, 6) is -2.05. The van der Waals surface area contributed by atoms with Gasteiger partial charge >= 0.3 is 11.9 Å². The van der Waals surface area contributed by atoms with Crippen molar-refractivity contribution in [1.29, 1.82) is 0 Å². The van der Waals surface area contributed by atoms with Crippen molar-refractivity contribution in [3.05, 3.63) is 22.5 Å². The normalized spacial score (nSPS) is 20.8. The Bertz CT molecular complexity index is 836. The number of aryl methyl sites for hydroxylation is 1.